The summed E-state index contributed by atoms with van der Waals surface area (Å²) >= 11 is 0. The monoisotopic (exact) mass is 1360 g/mol. The van der Waals surface area contributed by atoms with Gasteiger partial charge >= 0.3 is 24.6 Å². The standard InChI is InChI=1S/C62H90N13O14P.CN.Co/c1-29-20-39-40(21-30(29)2)75(28-70-39)57-52(84)53(41(27-76)87-57)89-90(85,86)88-31(3)26-69-49(83)18-19-59(8)37(22-46(66)80)56-62(11)61(10,25-48(68)82)36(14-17-45(65)79)51(74-62)33(5)55-60(9,24-47(67)81)34(12-15-43(63)77)38(71-55)23-42-58(6,7)35(13-16-44(64)78)50(72-42)32(4)54(59)73-56;1-2;/h20-21,23,28,31,34-37,41,52-53,56-57,76,84H,12-19,22,24-27H2,1-11H3,(H15,63,64,65,66,67,68,69,71,72,73,74,77,78,79,80,81,82,83,85,86);;/q;-1;+3/p-1/t31?,34-,35-,36-,37+,41+,52+,53+,56-,57-,59-,60+,61+,62+;;/m1../s1. The first-order chi connectivity index (χ1) is 42.8. The van der Waals surface area contributed by atoms with E-state index < -0.39 is 143 Å². The number of allylic oxidation sites excluding steroid dienone is 6. The van der Waals surface area contributed by atoms with Gasteiger partial charge in [-0.1, -0.05) is 47.1 Å². The van der Waals surface area contributed by atoms with Crippen LogP contribution in [0.15, 0.2) is 67.8 Å². The molecule has 6 aliphatic heterocycles. The number of ether oxygens (including phenoxy) is 1. The van der Waals surface area contributed by atoms with E-state index in [0.29, 0.717) is 56.4 Å². The quantitative estimate of drug-likeness (QED) is 0.0469. The molecule has 6 aliphatic rings. The van der Waals surface area contributed by atoms with Gasteiger partial charge in [-0.05, 0) is 118 Å². The maximum atomic E-state index is 14.4. The Bertz CT molecular complexity index is 3600. The van der Waals surface area contributed by atoms with Gasteiger partial charge in [0.25, 0.3) is 0 Å². The second kappa shape index (κ2) is 28.5. The molecule has 8 rings (SSSR count). The number of hydrogen-bond donors (Lipinski definition) is 10. The van der Waals surface area contributed by atoms with Crippen LogP contribution in [0.3, 0.4) is 0 Å². The number of benzene rings is 1. The fourth-order valence-corrected chi connectivity index (χ4v) is 16.5. The van der Waals surface area contributed by atoms with Gasteiger partial charge in [-0.3, -0.25) is 57.6 Å². The molecule has 2 unspecified atom stereocenters. The summed E-state index contributed by atoms with van der Waals surface area (Å²) in [5.41, 5.74) is 36.8. The summed E-state index contributed by atoms with van der Waals surface area (Å²) in [6.45, 7) is 23.9. The molecule has 93 heavy (non-hydrogen) atoms. The van der Waals surface area contributed by atoms with Crippen LogP contribution < -0.4 is 39.7 Å². The molecule has 2 aromatic rings. The van der Waals surface area contributed by atoms with Crippen molar-refractivity contribution in [2.45, 2.75) is 189 Å². The van der Waals surface area contributed by atoms with Crippen molar-refractivity contribution < 1.29 is 83.8 Å². The molecule has 8 bridgehead atoms. The van der Waals surface area contributed by atoms with Crippen LogP contribution in [0.4, 0.5) is 0 Å². The molecule has 2 saturated heterocycles. The molecular formula is C63H89CoN14O14P+. The van der Waals surface area contributed by atoms with Gasteiger partial charge < -0.3 is 81.3 Å². The molecule has 1 aromatic heterocycles. The third-order valence-corrected chi connectivity index (χ3v) is 21.6. The minimum absolute atomic E-state index is 0. The molecule has 508 valence electrons. The number of aliphatic hydroxyl groups excluding tert-OH is 2. The van der Waals surface area contributed by atoms with E-state index in [9.17, 15) is 53.2 Å². The van der Waals surface area contributed by atoms with Gasteiger partial charge in [-0.25, -0.2) is 9.55 Å². The number of imidazole rings is 1. The molecule has 0 aliphatic carbocycles. The van der Waals surface area contributed by atoms with Crippen LogP contribution in [-0.4, -0.2) is 132 Å². The SMILES string of the molecule is C/C1=C2N=C(/C=C3N=C(/C(C)=C4\[N-][C@@](C)([C@@H]5N=C1[C@](C)(CCC(=O)NCC(C)OP(=O)(O)O[C@@H]1[C@H](O)[C@H](n6cnc7cc(C)c(C)cc76)O[C@H]1CO)[C@H]5CC(N)=O)[C@@](C)(CC(N)=O)[C@@H]4CCC(N)=O)[C@@](C)(CC(N)=O)[C@@H]\3CCC(N)=O)C(C)(C)[C@@H]/2CCC(N)=O.[C-]#N.[Co+3]. The smallest absolute Gasteiger partial charge is 0.680 e. The zero-order chi connectivity index (χ0) is 68.7. The molecule has 2 fully saturated rings. The molecule has 0 saturated carbocycles. The van der Waals surface area contributed by atoms with Crippen molar-refractivity contribution in [3.05, 3.63) is 75.8 Å². The van der Waals surface area contributed by atoms with E-state index >= 15 is 0 Å². The molecule has 7 amide bonds. The number of aliphatic imine (C=N–C) groups is 3. The van der Waals surface area contributed by atoms with Crippen molar-refractivity contribution in [3.63, 3.8) is 0 Å². The largest absolute Gasteiger partial charge is 3.00 e. The van der Waals surface area contributed by atoms with E-state index in [1.54, 1.807) is 11.5 Å². The summed E-state index contributed by atoms with van der Waals surface area (Å²) in [6, 6.07) is 2.68. The predicted molar refractivity (Wildman–Crippen MR) is 339 cm³/mol. The average Bonchev–Trinajstić information content (AvgIpc) is 1.53. The van der Waals surface area contributed by atoms with Crippen molar-refractivity contribution >= 4 is 77.3 Å². The summed E-state index contributed by atoms with van der Waals surface area (Å²) in [7, 11) is -5.07. The Kier molecular flexibility index (Phi) is 23.0. The van der Waals surface area contributed by atoms with E-state index in [-0.39, 0.29) is 94.0 Å². The number of aliphatic hydroxyl groups is 2. The summed E-state index contributed by atoms with van der Waals surface area (Å²) in [5, 5.41) is 36.5. The third kappa shape index (κ3) is 14.6. The van der Waals surface area contributed by atoms with Crippen LogP contribution >= 0.6 is 7.82 Å². The number of aromatic nitrogens is 2. The van der Waals surface area contributed by atoms with Crippen molar-refractivity contribution in [1.29, 1.82) is 5.26 Å². The Hall–Kier alpha value is -7.00. The number of phosphoric ester groups is 1. The number of fused-ring (bicyclic) bond motifs is 7. The first kappa shape index (κ1) is 75.0. The summed E-state index contributed by atoms with van der Waals surface area (Å²) in [4.78, 5) is 125. The molecule has 0 radical (unpaired) electrons. The first-order valence-electron chi connectivity index (χ1n) is 30.7. The van der Waals surface area contributed by atoms with Crippen molar-refractivity contribution in [3.8, 4) is 0 Å². The topological polar surface area (TPSA) is 486 Å². The van der Waals surface area contributed by atoms with Crippen LogP contribution in [0.2, 0.25) is 0 Å². The van der Waals surface area contributed by atoms with Crippen LogP contribution in [-0.2, 0) is 68.7 Å². The second-order valence-electron chi connectivity index (χ2n) is 27.0. The van der Waals surface area contributed by atoms with E-state index in [0.717, 1.165) is 11.1 Å². The average molecular weight is 1360 g/mol. The van der Waals surface area contributed by atoms with Gasteiger partial charge in [0.15, 0.2) is 6.23 Å². The fraction of sp³-hybridized carbons (Fsp3) is 0.619. The minimum atomic E-state index is -5.07. The molecule has 15 atom stereocenters. The second-order valence-corrected chi connectivity index (χ2v) is 28.4. The van der Waals surface area contributed by atoms with Crippen LogP contribution in [0.25, 0.3) is 16.4 Å². The van der Waals surface area contributed by atoms with Gasteiger partial charge in [-0.15, -0.1) is 0 Å². The normalized spacial score (nSPS) is 33.1. The molecule has 28 nitrogen and oxygen atoms in total. The Morgan fingerprint density at radius 2 is 1.38 bits per heavy atom. The van der Waals surface area contributed by atoms with E-state index in [2.05, 4.69) is 10.3 Å². The number of primary amides is 6. The molecule has 7 heterocycles. The Morgan fingerprint density at radius 3 is 1.95 bits per heavy atom. The predicted octanol–water partition coefficient (Wildman–Crippen LogP) is 4.04. The number of nitrogens with zero attached hydrogens (tertiary/aromatic N) is 7. The number of nitrogens with one attached hydrogen (secondary N) is 1. The fourth-order valence-electron chi connectivity index (χ4n) is 15.3. The summed E-state index contributed by atoms with van der Waals surface area (Å²) < 4.78 is 32.3. The van der Waals surface area contributed by atoms with Gasteiger partial charge in [-0.2, -0.15) is 5.70 Å². The molecule has 30 heteroatoms. The number of phosphoric acid groups is 1. The van der Waals surface area contributed by atoms with Crippen molar-refractivity contribution in [1.82, 2.24) is 14.9 Å². The Labute approximate surface area is 551 Å². The third-order valence-electron chi connectivity index (χ3n) is 20.5. The maximum absolute atomic E-state index is 14.4. The van der Waals surface area contributed by atoms with Crippen LogP contribution in [0.1, 0.15) is 150 Å². The van der Waals surface area contributed by atoms with Gasteiger partial charge in [0.1, 0.15) is 18.3 Å². The van der Waals surface area contributed by atoms with Gasteiger partial charge in [0, 0.05) is 114 Å². The van der Waals surface area contributed by atoms with Crippen molar-refractivity contribution in [2.75, 3.05) is 13.2 Å². The molecule has 16 N–H and O–H groups in total. The summed E-state index contributed by atoms with van der Waals surface area (Å²) in [6.07, 6.45) is -4.47. The van der Waals surface area contributed by atoms with Gasteiger partial charge in [0.2, 0.25) is 41.4 Å². The Balaban J connectivity index is 0.00000453. The number of hydrogen-bond acceptors (Lipinski definition) is 18. The zero-order valence-corrected chi connectivity index (χ0v) is 56.4. The van der Waals surface area contributed by atoms with E-state index in [1.165, 1.54) is 13.3 Å². The van der Waals surface area contributed by atoms with Crippen LogP contribution in [0, 0.1) is 71.0 Å². The maximum Gasteiger partial charge on any atom is 3.00 e. The number of carbonyl (C=O) groups is 7. The number of nitrogens with two attached hydrogens (primary N) is 6. The van der Waals surface area contributed by atoms with Gasteiger partial charge in [0.05, 0.1) is 30.1 Å². The number of rotatable bonds is 26. The first-order valence-corrected chi connectivity index (χ1v) is 32.2. The van der Waals surface area contributed by atoms with E-state index in [1.807, 2.05) is 80.5 Å². The van der Waals surface area contributed by atoms with Crippen LogP contribution in [0.5, 0.6) is 0 Å². The Morgan fingerprint density at radius 1 is 0.796 bits per heavy atom. The molecule has 1 aromatic carbocycles. The number of carbonyl (C=O) groups excluding carboxylic acids is 7. The minimum Gasteiger partial charge on any atom is -0.680 e. The van der Waals surface area contributed by atoms with Crippen molar-refractivity contribution in [2.24, 2.45) is 94.7 Å². The number of amides is 7. The summed E-state index contributed by atoms with van der Waals surface area (Å²) in [5.74, 6) is -7.34. The van der Waals surface area contributed by atoms with E-state index in [4.69, 9.17) is 80.3 Å². The molecule has 0 spiro atoms. The molecular weight excluding hydrogens is 1270 g/mol. The zero-order valence-electron chi connectivity index (χ0n) is 54.5. The number of aryl methyl sites for hydroxylation is 2.